The minimum absolute atomic E-state index is 0.141. The van der Waals surface area contributed by atoms with Gasteiger partial charge in [-0.05, 0) is 53.1 Å². The van der Waals surface area contributed by atoms with E-state index in [0.29, 0.717) is 38.5 Å². The maximum atomic E-state index is 13.9. The molecule has 0 bridgehead atoms. The van der Waals surface area contributed by atoms with E-state index >= 15 is 0 Å². The first-order valence-corrected chi connectivity index (χ1v) is 16.2. The van der Waals surface area contributed by atoms with Crippen molar-refractivity contribution in [1.82, 2.24) is 19.5 Å². The zero-order valence-corrected chi connectivity index (χ0v) is 25.6. The van der Waals surface area contributed by atoms with E-state index in [-0.39, 0.29) is 36.4 Å². The van der Waals surface area contributed by atoms with Crippen LogP contribution >= 0.6 is 0 Å². The van der Waals surface area contributed by atoms with Crippen LogP contribution in [0.15, 0.2) is 114 Å². The molecule has 1 aliphatic heterocycles. The molecule has 4 aromatic rings. The van der Waals surface area contributed by atoms with Gasteiger partial charge in [-0.1, -0.05) is 60.7 Å². The van der Waals surface area contributed by atoms with Gasteiger partial charge >= 0.3 is 0 Å². The third kappa shape index (κ3) is 8.75. The summed E-state index contributed by atoms with van der Waals surface area (Å²) >= 11 is 0. The molecule has 2 amide bonds. The molecule has 45 heavy (non-hydrogen) atoms. The van der Waals surface area contributed by atoms with Gasteiger partial charge in [-0.25, -0.2) is 8.42 Å². The molecule has 1 aromatic heterocycles. The van der Waals surface area contributed by atoms with Crippen molar-refractivity contribution in [2.45, 2.75) is 30.4 Å². The van der Waals surface area contributed by atoms with Crippen LogP contribution in [0.1, 0.15) is 16.7 Å². The van der Waals surface area contributed by atoms with Gasteiger partial charge in [0.05, 0.1) is 18.1 Å². The average molecular weight is 629 g/mol. The predicted octanol–water partition coefficient (Wildman–Crippen LogP) is 3.44. The van der Waals surface area contributed by atoms with Crippen molar-refractivity contribution in [1.29, 1.82) is 0 Å². The number of nitrogens with zero attached hydrogens (tertiary/aromatic N) is 3. The Bertz CT molecular complexity index is 1630. The number of amides is 2. The second kappa shape index (κ2) is 15.4. The lowest BCUT2D eigenvalue weighted by molar-refractivity contribution is -0.142. The molecule has 3 aromatic carbocycles. The molecule has 234 valence electrons. The van der Waals surface area contributed by atoms with Gasteiger partial charge in [0.25, 0.3) is 5.91 Å². The van der Waals surface area contributed by atoms with Crippen LogP contribution in [0, 0.1) is 0 Å². The van der Waals surface area contributed by atoms with Crippen molar-refractivity contribution in [3.63, 3.8) is 0 Å². The molecule has 0 saturated carbocycles. The highest BCUT2D eigenvalue weighted by Gasteiger charge is 2.31. The van der Waals surface area contributed by atoms with Crippen LogP contribution in [0.3, 0.4) is 0 Å². The summed E-state index contributed by atoms with van der Waals surface area (Å²) in [7, 11) is -3.66. The number of aromatic nitrogens is 1. The molecule has 1 fully saturated rings. The van der Waals surface area contributed by atoms with Crippen molar-refractivity contribution in [3.05, 3.63) is 126 Å². The fraction of sp³-hybridized carbons (Fsp3) is 0.265. The zero-order chi connectivity index (χ0) is 31.5. The lowest BCUT2D eigenvalue weighted by Gasteiger charge is -2.31. The van der Waals surface area contributed by atoms with Crippen LogP contribution in [0.25, 0.3) is 0 Å². The molecular formula is C34H36N4O6S. The smallest absolute Gasteiger partial charge is 0.261 e. The molecule has 11 heteroatoms. The fourth-order valence-corrected chi connectivity index (χ4v) is 6.42. The minimum atomic E-state index is -3.66. The minimum Gasteiger partial charge on any atom is -0.484 e. The Labute approximate surface area is 263 Å². The van der Waals surface area contributed by atoms with E-state index in [2.05, 4.69) is 10.3 Å². The molecule has 1 aliphatic rings. The number of sulfonamides is 1. The van der Waals surface area contributed by atoms with Gasteiger partial charge in [0.2, 0.25) is 15.9 Å². The molecule has 0 radical (unpaired) electrons. The Morgan fingerprint density at radius 2 is 1.47 bits per heavy atom. The van der Waals surface area contributed by atoms with Crippen LogP contribution in [0.2, 0.25) is 0 Å². The van der Waals surface area contributed by atoms with Gasteiger partial charge in [0, 0.05) is 45.0 Å². The molecule has 0 spiro atoms. The number of hydrogen-bond donors (Lipinski definition) is 1. The summed E-state index contributed by atoms with van der Waals surface area (Å²) in [6, 6.07) is 27.9. The first-order chi connectivity index (χ1) is 21.9. The van der Waals surface area contributed by atoms with E-state index in [9.17, 15) is 18.0 Å². The summed E-state index contributed by atoms with van der Waals surface area (Å²) in [6.45, 7) is 1.45. The zero-order valence-electron chi connectivity index (χ0n) is 24.8. The van der Waals surface area contributed by atoms with Gasteiger partial charge in [-0.15, -0.1) is 0 Å². The topological polar surface area (TPSA) is 118 Å². The van der Waals surface area contributed by atoms with Crippen molar-refractivity contribution in [2.75, 3.05) is 32.9 Å². The summed E-state index contributed by atoms with van der Waals surface area (Å²) in [5, 5.41) is 2.99. The van der Waals surface area contributed by atoms with E-state index < -0.39 is 16.1 Å². The third-order valence-electron chi connectivity index (χ3n) is 7.48. The van der Waals surface area contributed by atoms with E-state index in [1.807, 2.05) is 72.8 Å². The number of hydrogen-bond acceptors (Lipinski definition) is 7. The van der Waals surface area contributed by atoms with E-state index in [4.69, 9.17) is 9.47 Å². The largest absolute Gasteiger partial charge is 0.484 e. The van der Waals surface area contributed by atoms with Gasteiger partial charge in [0.15, 0.2) is 6.61 Å². The highest BCUT2D eigenvalue weighted by Crippen LogP contribution is 2.21. The fourth-order valence-electron chi connectivity index (χ4n) is 5.01. The molecule has 2 heterocycles. The molecule has 1 atom stereocenters. The Balaban J connectivity index is 1.34. The normalized spacial score (nSPS) is 14.3. The van der Waals surface area contributed by atoms with E-state index in [0.717, 1.165) is 16.7 Å². The standard InChI is InChI=1S/C34H36N4O6S/c39-33(26-44-30-11-13-31(14-12-30)45(41,42)37-19-21-43-22-20-37)38(25-29-9-5-2-6-10-29)32(23-27-7-3-1-4-8-27)34(40)36-24-28-15-17-35-18-16-28/h1-18,32H,19-26H2,(H,36,40)/t32-/m0/s1. The maximum absolute atomic E-state index is 13.9. The van der Waals surface area contributed by atoms with E-state index in [1.165, 1.54) is 28.6 Å². The Morgan fingerprint density at radius 1 is 0.844 bits per heavy atom. The van der Waals surface area contributed by atoms with Gasteiger partial charge in [-0.2, -0.15) is 4.31 Å². The van der Waals surface area contributed by atoms with Crippen LogP contribution < -0.4 is 10.1 Å². The first-order valence-electron chi connectivity index (χ1n) is 14.7. The second-order valence-electron chi connectivity index (χ2n) is 10.6. The average Bonchev–Trinajstić information content (AvgIpc) is 3.09. The SMILES string of the molecule is O=C(NCc1ccncc1)[C@H](Cc1ccccc1)N(Cc1ccccc1)C(=O)COc1ccc(S(=O)(=O)N2CCOCC2)cc1. The number of pyridine rings is 1. The number of nitrogens with one attached hydrogen (secondary N) is 1. The molecule has 0 unspecified atom stereocenters. The quantitative estimate of drug-likeness (QED) is 0.241. The lowest BCUT2D eigenvalue weighted by Crippen LogP contribution is -2.51. The number of ether oxygens (including phenoxy) is 2. The number of carbonyl (C=O) groups is 2. The second-order valence-corrected chi connectivity index (χ2v) is 12.5. The van der Waals surface area contributed by atoms with Crippen molar-refractivity contribution in [3.8, 4) is 5.75 Å². The van der Waals surface area contributed by atoms with E-state index in [1.54, 1.807) is 17.3 Å². The summed E-state index contributed by atoms with van der Waals surface area (Å²) in [4.78, 5) is 33.3. The molecule has 0 aliphatic carbocycles. The Hall–Kier alpha value is -4.58. The summed E-state index contributed by atoms with van der Waals surface area (Å²) in [5.74, 6) is -0.341. The summed E-state index contributed by atoms with van der Waals surface area (Å²) in [5.41, 5.74) is 2.66. The third-order valence-corrected chi connectivity index (χ3v) is 9.39. The van der Waals surface area contributed by atoms with Crippen LogP contribution in [-0.4, -0.2) is 73.4 Å². The van der Waals surface area contributed by atoms with Gasteiger partial charge < -0.3 is 19.7 Å². The summed E-state index contributed by atoms with van der Waals surface area (Å²) in [6.07, 6.45) is 3.63. The van der Waals surface area contributed by atoms with Crippen molar-refractivity contribution < 1.29 is 27.5 Å². The van der Waals surface area contributed by atoms with Crippen LogP contribution in [0.4, 0.5) is 0 Å². The molecule has 10 nitrogen and oxygen atoms in total. The predicted molar refractivity (Wildman–Crippen MR) is 169 cm³/mol. The maximum Gasteiger partial charge on any atom is 0.261 e. The number of rotatable bonds is 13. The first kappa shape index (κ1) is 31.8. The van der Waals surface area contributed by atoms with Crippen LogP contribution in [0.5, 0.6) is 5.75 Å². The monoisotopic (exact) mass is 628 g/mol. The highest BCUT2D eigenvalue weighted by molar-refractivity contribution is 7.89. The Kier molecular flexibility index (Phi) is 10.9. The van der Waals surface area contributed by atoms with Gasteiger partial charge in [0.1, 0.15) is 11.8 Å². The molecule has 1 N–H and O–H groups in total. The number of carbonyl (C=O) groups excluding carboxylic acids is 2. The molecule has 1 saturated heterocycles. The number of benzene rings is 3. The van der Waals surface area contributed by atoms with Crippen LogP contribution in [-0.2, 0) is 43.9 Å². The summed E-state index contributed by atoms with van der Waals surface area (Å²) < 4.78 is 38.5. The molecule has 5 rings (SSSR count). The molecular weight excluding hydrogens is 592 g/mol. The van der Waals surface area contributed by atoms with Crippen molar-refractivity contribution in [2.24, 2.45) is 0 Å². The Morgan fingerprint density at radius 3 is 2.11 bits per heavy atom. The number of morpholine rings is 1. The lowest BCUT2D eigenvalue weighted by atomic mass is 10.0. The highest BCUT2D eigenvalue weighted by atomic mass is 32.2. The van der Waals surface area contributed by atoms with Crippen molar-refractivity contribution >= 4 is 21.8 Å². The van der Waals surface area contributed by atoms with Gasteiger partial charge in [-0.3, -0.25) is 14.6 Å².